The minimum atomic E-state index is -0.0976. The predicted octanol–water partition coefficient (Wildman–Crippen LogP) is 2.45. The molecule has 0 aliphatic carbocycles. The summed E-state index contributed by atoms with van der Waals surface area (Å²) < 4.78 is 0. The summed E-state index contributed by atoms with van der Waals surface area (Å²) in [6.07, 6.45) is 5.46. The highest BCUT2D eigenvalue weighted by molar-refractivity contribution is 5.81. The molecule has 1 aromatic carbocycles. The average molecular weight is 338 g/mol. The minimum Gasteiger partial charge on any atom is -0.384 e. The van der Waals surface area contributed by atoms with Crippen molar-refractivity contribution >= 4 is 11.6 Å². The normalized spacial score (nSPS) is 15.2. The van der Waals surface area contributed by atoms with Crippen LogP contribution in [0.5, 0.6) is 0 Å². The van der Waals surface area contributed by atoms with Gasteiger partial charge in [0.05, 0.1) is 11.7 Å². The SMILES string of the molecule is C[C@@H](C(=O)NCCCNc1cccnc1)N1CCc2ccccc2C1. The molecule has 0 radical (unpaired) electrons. The van der Waals surface area contributed by atoms with Crippen molar-refractivity contribution in [2.45, 2.75) is 32.4 Å². The molecule has 3 rings (SSSR count). The van der Waals surface area contributed by atoms with Crippen molar-refractivity contribution in [3.63, 3.8) is 0 Å². The van der Waals surface area contributed by atoms with E-state index in [1.54, 1.807) is 12.4 Å². The molecule has 1 aliphatic heterocycles. The van der Waals surface area contributed by atoms with Crippen LogP contribution in [-0.2, 0) is 17.8 Å². The fourth-order valence-corrected chi connectivity index (χ4v) is 3.16. The summed E-state index contributed by atoms with van der Waals surface area (Å²) in [4.78, 5) is 18.7. The molecule has 0 fully saturated rings. The molecule has 5 nitrogen and oxygen atoms in total. The number of fused-ring (bicyclic) bond motifs is 1. The maximum absolute atomic E-state index is 12.4. The van der Waals surface area contributed by atoms with Crippen LogP contribution in [0.3, 0.4) is 0 Å². The number of nitrogens with zero attached hydrogens (tertiary/aromatic N) is 2. The van der Waals surface area contributed by atoms with E-state index in [1.165, 1.54) is 11.1 Å². The lowest BCUT2D eigenvalue weighted by molar-refractivity contribution is -0.126. The predicted molar refractivity (Wildman–Crippen MR) is 100 cm³/mol. The first-order valence-electron chi connectivity index (χ1n) is 8.96. The van der Waals surface area contributed by atoms with E-state index in [0.29, 0.717) is 6.54 Å². The third-order valence-corrected chi connectivity index (χ3v) is 4.73. The van der Waals surface area contributed by atoms with E-state index in [1.807, 2.05) is 19.1 Å². The summed E-state index contributed by atoms with van der Waals surface area (Å²) in [5, 5.41) is 6.35. The third-order valence-electron chi connectivity index (χ3n) is 4.73. The second-order valence-electron chi connectivity index (χ2n) is 6.48. The Hall–Kier alpha value is -2.40. The number of carbonyl (C=O) groups is 1. The lowest BCUT2D eigenvalue weighted by atomic mass is 9.99. The molecular weight excluding hydrogens is 312 g/mol. The largest absolute Gasteiger partial charge is 0.384 e. The highest BCUT2D eigenvalue weighted by Gasteiger charge is 2.24. The molecule has 1 aliphatic rings. The first-order chi connectivity index (χ1) is 12.2. The van der Waals surface area contributed by atoms with Crippen LogP contribution in [-0.4, -0.2) is 41.5 Å². The Morgan fingerprint density at radius 1 is 1.20 bits per heavy atom. The number of hydrogen-bond acceptors (Lipinski definition) is 4. The van der Waals surface area contributed by atoms with Crippen LogP contribution in [0.2, 0.25) is 0 Å². The molecule has 0 saturated heterocycles. The smallest absolute Gasteiger partial charge is 0.237 e. The van der Waals surface area contributed by atoms with Gasteiger partial charge in [0, 0.05) is 38.6 Å². The van der Waals surface area contributed by atoms with E-state index in [-0.39, 0.29) is 11.9 Å². The summed E-state index contributed by atoms with van der Waals surface area (Å²) in [7, 11) is 0. The molecular formula is C20H26N4O. The summed E-state index contributed by atoms with van der Waals surface area (Å²) in [6, 6.07) is 12.3. The van der Waals surface area contributed by atoms with Crippen LogP contribution in [0.15, 0.2) is 48.8 Å². The van der Waals surface area contributed by atoms with E-state index in [4.69, 9.17) is 0 Å². The second kappa shape index (κ2) is 8.62. The molecule has 0 spiro atoms. The summed E-state index contributed by atoms with van der Waals surface area (Å²) in [5.41, 5.74) is 3.76. The Labute approximate surface area is 149 Å². The molecule has 2 aromatic rings. The lowest BCUT2D eigenvalue weighted by Crippen LogP contribution is -2.47. The number of benzene rings is 1. The van der Waals surface area contributed by atoms with Gasteiger partial charge in [-0.1, -0.05) is 24.3 Å². The van der Waals surface area contributed by atoms with Crippen LogP contribution in [0, 0.1) is 0 Å². The van der Waals surface area contributed by atoms with Crippen molar-refractivity contribution in [2.75, 3.05) is 25.0 Å². The molecule has 25 heavy (non-hydrogen) atoms. The number of carbonyl (C=O) groups excluding carboxylic acids is 1. The maximum Gasteiger partial charge on any atom is 0.237 e. The number of aromatic nitrogens is 1. The Morgan fingerprint density at radius 2 is 2.04 bits per heavy atom. The van der Waals surface area contributed by atoms with E-state index in [2.05, 4.69) is 44.8 Å². The van der Waals surface area contributed by atoms with Gasteiger partial charge < -0.3 is 10.6 Å². The first kappa shape index (κ1) is 17.4. The molecule has 1 atom stereocenters. The van der Waals surface area contributed by atoms with Crippen LogP contribution < -0.4 is 10.6 Å². The molecule has 2 heterocycles. The van der Waals surface area contributed by atoms with Crippen molar-refractivity contribution < 1.29 is 4.79 Å². The number of hydrogen-bond donors (Lipinski definition) is 2. The Bertz CT molecular complexity index is 689. The molecule has 132 valence electrons. The van der Waals surface area contributed by atoms with Crippen molar-refractivity contribution in [2.24, 2.45) is 0 Å². The van der Waals surface area contributed by atoms with Crippen molar-refractivity contribution in [3.05, 3.63) is 59.9 Å². The number of rotatable bonds is 7. The monoisotopic (exact) mass is 338 g/mol. The van der Waals surface area contributed by atoms with Crippen LogP contribution in [0.1, 0.15) is 24.5 Å². The van der Waals surface area contributed by atoms with Gasteiger partial charge in [-0.05, 0) is 43.0 Å². The highest BCUT2D eigenvalue weighted by atomic mass is 16.2. The fraction of sp³-hybridized carbons (Fsp3) is 0.400. The topological polar surface area (TPSA) is 57.3 Å². The Morgan fingerprint density at radius 3 is 2.84 bits per heavy atom. The molecule has 0 bridgehead atoms. The van der Waals surface area contributed by atoms with Gasteiger partial charge in [0.15, 0.2) is 0 Å². The summed E-state index contributed by atoms with van der Waals surface area (Å²) in [5.74, 6) is 0.112. The zero-order valence-corrected chi connectivity index (χ0v) is 14.7. The van der Waals surface area contributed by atoms with Crippen LogP contribution >= 0.6 is 0 Å². The van der Waals surface area contributed by atoms with E-state index >= 15 is 0 Å². The molecule has 0 unspecified atom stereocenters. The van der Waals surface area contributed by atoms with Gasteiger partial charge in [0.1, 0.15) is 0 Å². The lowest BCUT2D eigenvalue weighted by Gasteiger charge is -2.32. The van der Waals surface area contributed by atoms with Gasteiger partial charge in [-0.3, -0.25) is 14.7 Å². The van der Waals surface area contributed by atoms with Gasteiger partial charge in [0.2, 0.25) is 5.91 Å². The second-order valence-corrected chi connectivity index (χ2v) is 6.48. The van der Waals surface area contributed by atoms with Crippen LogP contribution in [0.25, 0.3) is 0 Å². The zero-order valence-electron chi connectivity index (χ0n) is 14.7. The van der Waals surface area contributed by atoms with Crippen molar-refractivity contribution in [1.29, 1.82) is 0 Å². The quantitative estimate of drug-likeness (QED) is 0.762. The third kappa shape index (κ3) is 4.79. The summed E-state index contributed by atoms with van der Waals surface area (Å²) in [6.45, 7) is 5.29. The van der Waals surface area contributed by atoms with E-state index in [9.17, 15) is 4.79 Å². The van der Waals surface area contributed by atoms with Crippen molar-refractivity contribution in [1.82, 2.24) is 15.2 Å². The van der Waals surface area contributed by atoms with Gasteiger partial charge in [0.25, 0.3) is 0 Å². The summed E-state index contributed by atoms with van der Waals surface area (Å²) >= 11 is 0. The Balaban J connectivity index is 1.38. The van der Waals surface area contributed by atoms with E-state index in [0.717, 1.165) is 38.2 Å². The van der Waals surface area contributed by atoms with Gasteiger partial charge in [-0.15, -0.1) is 0 Å². The molecule has 0 saturated carbocycles. The van der Waals surface area contributed by atoms with Gasteiger partial charge >= 0.3 is 0 Å². The maximum atomic E-state index is 12.4. The zero-order chi connectivity index (χ0) is 17.5. The highest BCUT2D eigenvalue weighted by Crippen LogP contribution is 2.20. The number of nitrogens with one attached hydrogen (secondary N) is 2. The molecule has 5 heteroatoms. The first-order valence-corrected chi connectivity index (χ1v) is 8.96. The number of pyridine rings is 1. The number of anilines is 1. The Kier molecular flexibility index (Phi) is 6.01. The van der Waals surface area contributed by atoms with E-state index < -0.39 is 0 Å². The fourth-order valence-electron chi connectivity index (χ4n) is 3.16. The van der Waals surface area contributed by atoms with Gasteiger partial charge in [-0.2, -0.15) is 0 Å². The number of amides is 1. The average Bonchev–Trinajstić information content (AvgIpc) is 2.67. The van der Waals surface area contributed by atoms with Crippen LogP contribution in [0.4, 0.5) is 5.69 Å². The molecule has 1 aromatic heterocycles. The minimum absolute atomic E-state index is 0.0976. The molecule has 2 N–H and O–H groups in total. The standard InChI is InChI=1S/C20H26N4O/c1-16(24-13-9-17-6-2-3-7-18(17)15-24)20(25)23-12-5-11-22-19-8-4-10-21-14-19/h2-4,6-8,10,14,16,22H,5,9,11-13,15H2,1H3,(H,23,25)/t16-/m0/s1. The van der Waals surface area contributed by atoms with Gasteiger partial charge in [-0.25, -0.2) is 0 Å². The molecule has 1 amide bonds. The van der Waals surface area contributed by atoms with Crippen molar-refractivity contribution in [3.8, 4) is 0 Å².